The summed E-state index contributed by atoms with van der Waals surface area (Å²) in [5.41, 5.74) is 1.81. The van der Waals surface area contributed by atoms with Gasteiger partial charge in [0.25, 0.3) is 0 Å². The van der Waals surface area contributed by atoms with E-state index in [1.807, 2.05) is 48.5 Å². The summed E-state index contributed by atoms with van der Waals surface area (Å²) in [6, 6.07) is 16.5. The Labute approximate surface area is 144 Å². The van der Waals surface area contributed by atoms with Gasteiger partial charge >= 0.3 is 0 Å². The zero-order chi connectivity index (χ0) is 16.9. The van der Waals surface area contributed by atoms with E-state index in [2.05, 4.69) is 21.5 Å². The molecule has 0 spiro atoms. The van der Waals surface area contributed by atoms with E-state index >= 15 is 0 Å². The second-order valence-electron chi connectivity index (χ2n) is 5.18. The second kappa shape index (κ2) is 7.11. The number of ether oxygens (including phenoxy) is 1. The van der Waals surface area contributed by atoms with Crippen LogP contribution in [0.25, 0.3) is 11.4 Å². The Hall–Kier alpha value is -2.91. The van der Waals surface area contributed by atoms with Gasteiger partial charge < -0.3 is 4.74 Å². The van der Waals surface area contributed by atoms with Crippen molar-refractivity contribution in [2.45, 2.75) is 19.6 Å². The third-order valence-electron chi connectivity index (χ3n) is 3.37. The van der Waals surface area contributed by atoms with Crippen molar-refractivity contribution in [1.82, 2.24) is 20.2 Å². The minimum Gasteiger partial charge on any atom is -0.489 e. The number of nitriles is 1. The Kier molecular flexibility index (Phi) is 4.73. The van der Waals surface area contributed by atoms with Gasteiger partial charge in [-0.1, -0.05) is 23.7 Å². The van der Waals surface area contributed by atoms with E-state index < -0.39 is 6.04 Å². The van der Waals surface area contributed by atoms with Crippen LogP contribution in [-0.4, -0.2) is 20.2 Å². The van der Waals surface area contributed by atoms with Gasteiger partial charge in [-0.15, -0.1) is 15.0 Å². The summed E-state index contributed by atoms with van der Waals surface area (Å²) in [6.45, 7) is 2.15. The van der Waals surface area contributed by atoms with E-state index in [0.29, 0.717) is 17.5 Å². The maximum absolute atomic E-state index is 8.87. The van der Waals surface area contributed by atoms with Crippen molar-refractivity contribution in [3.05, 3.63) is 59.1 Å². The lowest BCUT2D eigenvalue weighted by atomic mass is 10.2. The summed E-state index contributed by atoms with van der Waals surface area (Å²) in [6.07, 6.45) is 0. The highest BCUT2D eigenvalue weighted by Crippen LogP contribution is 2.20. The molecular weight excluding hydrogens is 326 g/mol. The maximum atomic E-state index is 8.87. The van der Waals surface area contributed by atoms with E-state index in [9.17, 15) is 0 Å². The Bertz CT molecular complexity index is 869. The molecule has 1 unspecified atom stereocenters. The fraction of sp³-hybridized carbons (Fsp3) is 0.176. The number of rotatable bonds is 5. The van der Waals surface area contributed by atoms with Crippen LogP contribution in [-0.2, 0) is 6.61 Å². The smallest absolute Gasteiger partial charge is 0.204 e. The fourth-order valence-corrected chi connectivity index (χ4v) is 2.26. The fourth-order valence-electron chi connectivity index (χ4n) is 2.05. The van der Waals surface area contributed by atoms with E-state index in [1.54, 1.807) is 6.92 Å². The van der Waals surface area contributed by atoms with Crippen molar-refractivity contribution in [2.75, 3.05) is 0 Å². The predicted octanol–water partition coefficient (Wildman–Crippen LogP) is 3.66. The van der Waals surface area contributed by atoms with Gasteiger partial charge in [-0.25, -0.2) is 0 Å². The first-order valence-electron chi connectivity index (χ1n) is 7.32. The van der Waals surface area contributed by atoms with Crippen LogP contribution >= 0.6 is 11.6 Å². The normalized spacial score (nSPS) is 11.7. The van der Waals surface area contributed by atoms with E-state index in [0.717, 1.165) is 16.9 Å². The number of hydrogen-bond acceptors (Lipinski definition) is 5. The quantitative estimate of drug-likeness (QED) is 0.709. The highest BCUT2D eigenvalue weighted by molar-refractivity contribution is 6.30. The van der Waals surface area contributed by atoms with Crippen molar-refractivity contribution in [2.24, 2.45) is 0 Å². The van der Waals surface area contributed by atoms with Crippen LogP contribution < -0.4 is 4.74 Å². The summed E-state index contributed by atoms with van der Waals surface area (Å²) in [5.74, 6) is 1.20. The molecule has 24 heavy (non-hydrogen) atoms. The van der Waals surface area contributed by atoms with Crippen LogP contribution in [0.5, 0.6) is 5.75 Å². The van der Waals surface area contributed by atoms with Crippen LogP contribution in [0.4, 0.5) is 0 Å². The third-order valence-corrected chi connectivity index (χ3v) is 3.60. The van der Waals surface area contributed by atoms with E-state index in [-0.39, 0.29) is 0 Å². The minimum absolute atomic E-state index is 0.439. The van der Waals surface area contributed by atoms with Crippen molar-refractivity contribution in [1.29, 1.82) is 5.26 Å². The zero-order valence-corrected chi connectivity index (χ0v) is 13.7. The van der Waals surface area contributed by atoms with Crippen LogP contribution in [0.1, 0.15) is 18.5 Å². The average molecular weight is 340 g/mol. The zero-order valence-electron chi connectivity index (χ0n) is 12.9. The highest BCUT2D eigenvalue weighted by atomic mass is 35.5. The maximum Gasteiger partial charge on any atom is 0.204 e. The van der Waals surface area contributed by atoms with Gasteiger partial charge in [-0.3, -0.25) is 0 Å². The molecule has 7 heteroatoms. The topological polar surface area (TPSA) is 76.6 Å². The summed E-state index contributed by atoms with van der Waals surface area (Å²) in [4.78, 5) is 1.29. The van der Waals surface area contributed by atoms with Gasteiger partial charge in [-0.2, -0.15) is 5.26 Å². The van der Waals surface area contributed by atoms with E-state index in [1.165, 1.54) is 4.80 Å². The predicted molar refractivity (Wildman–Crippen MR) is 89.4 cm³/mol. The number of benzene rings is 2. The third kappa shape index (κ3) is 3.70. The van der Waals surface area contributed by atoms with E-state index in [4.69, 9.17) is 21.6 Å². The second-order valence-corrected chi connectivity index (χ2v) is 5.62. The first-order chi connectivity index (χ1) is 11.7. The molecule has 0 N–H and O–H groups in total. The van der Waals surface area contributed by atoms with Crippen molar-refractivity contribution in [3.63, 3.8) is 0 Å². The van der Waals surface area contributed by atoms with Gasteiger partial charge in [0.2, 0.25) is 5.82 Å². The molecule has 0 aliphatic carbocycles. The molecule has 120 valence electrons. The SMILES string of the molecule is CC(C#N)n1nnc(-c2ccc(OCc3cccc(Cl)c3)cc2)n1. The van der Waals surface area contributed by atoms with Gasteiger partial charge in [-0.05, 0) is 54.1 Å². The molecule has 3 rings (SSSR count). The first-order valence-corrected chi connectivity index (χ1v) is 7.70. The van der Waals surface area contributed by atoms with Crippen molar-refractivity contribution in [3.8, 4) is 23.2 Å². The van der Waals surface area contributed by atoms with Gasteiger partial charge in [0.15, 0.2) is 6.04 Å². The Morgan fingerprint density at radius 2 is 2.04 bits per heavy atom. The number of nitrogens with zero attached hydrogens (tertiary/aromatic N) is 5. The lowest BCUT2D eigenvalue weighted by molar-refractivity contribution is 0.306. The monoisotopic (exact) mass is 339 g/mol. The first kappa shape index (κ1) is 16.0. The Morgan fingerprint density at radius 3 is 2.75 bits per heavy atom. The molecule has 2 aromatic carbocycles. The average Bonchev–Trinajstić information content (AvgIpc) is 3.10. The minimum atomic E-state index is -0.452. The Morgan fingerprint density at radius 1 is 1.25 bits per heavy atom. The number of halogens is 1. The lowest BCUT2D eigenvalue weighted by Crippen LogP contribution is -2.06. The molecule has 0 fully saturated rings. The summed E-state index contributed by atoms with van der Waals surface area (Å²) in [7, 11) is 0. The lowest BCUT2D eigenvalue weighted by Gasteiger charge is -2.07. The highest BCUT2D eigenvalue weighted by Gasteiger charge is 2.10. The van der Waals surface area contributed by atoms with Crippen LogP contribution in [0.3, 0.4) is 0 Å². The molecule has 6 nitrogen and oxygen atoms in total. The molecule has 1 aromatic heterocycles. The van der Waals surface area contributed by atoms with Gasteiger partial charge in [0, 0.05) is 10.6 Å². The summed E-state index contributed by atoms with van der Waals surface area (Å²) >= 11 is 5.95. The number of hydrogen-bond donors (Lipinski definition) is 0. The van der Waals surface area contributed by atoms with Gasteiger partial charge in [0.05, 0.1) is 6.07 Å². The largest absolute Gasteiger partial charge is 0.489 e. The van der Waals surface area contributed by atoms with Crippen LogP contribution in [0.15, 0.2) is 48.5 Å². The standard InChI is InChI=1S/C17H14ClN5O/c1-12(10-19)23-21-17(20-22-23)14-5-7-16(8-6-14)24-11-13-3-2-4-15(18)9-13/h2-9,12H,11H2,1H3. The molecule has 0 radical (unpaired) electrons. The Balaban J connectivity index is 1.67. The molecule has 3 aromatic rings. The number of tetrazole rings is 1. The molecule has 1 heterocycles. The summed E-state index contributed by atoms with van der Waals surface area (Å²) in [5, 5.41) is 21.6. The summed E-state index contributed by atoms with van der Waals surface area (Å²) < 4.78 is 5.74. The molecule has 0 saturated heterocycles. The van der Waals surface area contributed by atoms with Crippen molar-refractivity contribution >= 4 is 11.6 Å². The molecule has 0 amide bonds. The van der Waals surface area contributed by atoms with Gasteiger partial charge in [0.1, 0.15) is 12.4 Å². The van der Waals surface area contributed by atoms with Crippen molar-refractivity contribution < 1.29 is 4.74 Å². The van der Waals surface area contributed by atoms with Crippen LogP contribution in [0, 0.1) is 11.3 Å². The molecule has 1 atom stereocenters. The molecular formula is C17H14ClN5O. The molecule has 0 aliphatic heterocycles. The number of aromatic nitrogens is 4. The molecule has 0 saturated carbocycles. The molecule has 0 bridgehead atoms. The van der Waals surface area contributed by atoms with Crippen LogP contribution in [0.2, 0.25) is 5.02 Å². The molecule has 0 aliphatic rings.